The molecule has 4 heteroatoms. The molecule has 0 saturated heterocycles. The zero-order valence-electron chi connectivity index (χ0n) is 8.88. The molecule has 0 unspecified atom stereocenters. The Morgan fingerprint density at radius 2 is 2.27 bits per heavy atom. The third-order valence-corrected chi connectivity index (χ3v) is 4.76. The third-order valence-electron chi connectivity index (χ3n) is 2.81. The van der Waals surface area contributed by atoms with Gasteiger partial charge in [-0.2, -0.15) is 0 Å². The van der Waals surface area contributed by atoms with Crippen LogP contribution in [0, 0.1) is 0 Å². The number of hydrogen-bond acceptors (Lipinski definition) is 3. The number of methoxy groups -OCH3 is 1. The smallest absolute Gasteiger partial charge is 0.188 e. The van der Waals surface area contributed by atoms with E-state index in [2.05, 4.69) is 27.3 Å². The minimum atomic E-state index is 0.733. The predicted molar refractivity (Wildman–Crippen MR) is 67.7 cm³/mol. The minimum absolute atomic E-state index is 0.733. The highest BCUT2D eigenvalue weighted by molar-refractivity contribution is 9.10. The van der Waals surface area contributed by atoms with E-state index in [9.17, 15) is 0 Å². The summed E-state index contributed by atoms with van der Waals surface area (Å²) in [7, 11) is 1.71. The Kier molecular flexibility index (Phi) is 4.05. The van der Waals surface area contributed by atoms with Gasteiger partial charge < -0.3 is 10.1 Å². The van der Waals surface area contributed by atoms with Crippen molar-refractivity contribution in [2.45, 2.75) is 38.3 Å². The van der Waals surface area contributed by atoms with Crippen molar-refractivity contribution in [3.05, 3.63) is 15.4 Å². The molecular weight excluding hydrogens is 274 g/mol. The van der Waals surface area contributed by atoms with Crippen molar-refractivity contribution >= 4 is 27.3 Å². The van der Waals surface area contributed by atoms with Gasteiger partial charge in [0.05, 0.1) is 11.6 Å². The summed E-state index contributed by atoms with van der Waals surface area (Å²) in [5, 5.41) is 4.57. The lowest BCUT2D eigenvalue weighted by Crippen LogP contribution is -2.24. The molecular formula is C11H16BrNOS. The van der Waals surface area contributed by atoms with Gasteiger partial charge in [-0.15, -0.1) is 11.3 Å². The first kappa shape index (κ1) is 11.4. The van der Waals surface area contributed by atoms with Gasteiger partial charge in [-0.3, -0.25) is 0 Å². The molecule has 1 aromatic heterocycles. The maximum absolute atomic E-state index is 5.24. The summed E-state index contributed by atoms with van der Waals surface area (Å²) in [6.45, 7) is 0.970. The highest BCUT2D eigenvalue weighted by atomic mass is 79.9. The van der Waals surface area contributed by atoms with Gasteiger partial charge in [-0.05, 0) is 34.8 Å². The van der Waals surface area contributed by atoms with Gasteiger partial charge in [-0.25, -0.2) is 0 Å². The van der Waals surface area contributed by atoms with E-state index >= 15 is 0 Å². The van der Waals surface area contributed by atoms with Crippen molar-refractivity contribution in [1.29, 1.82) is 0 Å². The summed E-state index contributed by atoms with van der Waals surface area (Å²) in [4.78, 5) is 1.34. The lowest BCUT2D eigenvalue weighted by atomic mass is 10.2. The quantitative estimate of drug-likeness (QED) is 0.915. The van der Waals surface area contributed by atoms with Crippen molar-refractivity contribution in [2.75, 3.05) is 7.11 Å². The van der Waals surface area contributed by atoms with Gasteiger partial charge in [0.25, 0.3) is 0 Å². The normalized spacial score (nSPS) is 17.2. The second-order valence-electron chi connectivity index (χ2n) is 3.91. The van der Waals surface area contributed by atoms with Crippen LogP contribution in [-0.4, -0.2) is 13.2 Å². The van der Waals surface area contributed by atoms with Gasteiger partial charge in [0.1, 0.15) is 0 Å². The second kappa shape index (κ2) is 5.32. The third kappa shape index (κ3) is 2.95. The van der Waals surface area contributed by atoms with E-state index in [-0.39, 0.29) is 0 Å². The molecule has 0 atom stereocenters. The van der Waals surface area contributed by atoms with E-state index in [0.29, 0.717) is 0 Å². The Morgan fingerprint density at radius 1 is 1.53 bits per heavy atom. The van der Waals surface area contributed by atoms with Crippen LogP contribution in [0.2, 0.25) is 0 Å². The molecule has 1 N–H and O–H groups in total. The number of thiophene rings is 1. The summed E-state index contributed by atoms with van der Waals surface area (Å²) in [5.74, 6) is 0. The molecule has 84 valence electrons. The van der Waals surface area contributed by atoms with Gasteiger partial charge in [0.2, 0.25) is 0 Å². The maximum Gasteiger partial charge on any atom is 0.188 e. The minimum Gasteiger partial charge on any atom is -0.486 e. The molecule has 2 rings (SSSR count). The van der Waals surface area contributed by atoms with Crippen molar-refractivity contribution in [3.63, 3.8) is 0 Å². The average molecular weight is 290 g/mol. The lowest BCUT2D eigenvalue weighted by Gasteiger charge is -2.09. The largest absolute Gasteiger partial charge is 0.486 e. The molecule has 1 aliphatic carbocycles. The summed E-state index contributed by atoms with van der Waals surface area (Å²) in [6, 6.07) is 2.88. The van der Waals surface area contributed by atoms with Crippen molar-refractivity contribution < 1.29 is 4.74 Å². The molecule has 2 nitrogen and oxygen atoms in total. The Morgan fingerprint density at radius 3 is 2.87 bits per heavy atom. The molecule has 0 spiro atoms. The first-order valence-electron chi connectivity index (χ1n) is 5.35. The topological polar surface area (TPSA) is 21.3 Å². The molecule has 0 aromatic carbocycles. The van der Waals surface area contributed by atoms with Crippen LogP contribution in [0.1, 0.15) is 30.6 Å². The number of rotatable bonds is 4. The van der Waals surface area contributed by atoms with Gasteiger partial charge in [0.15, 0.2) is 5.06 Å². The molecule has 1 heterocycles. The van der Waals surface area contributed by atoms with Crippen LogP contribution in [0.5, 0.6) is 5.06 Å². The standard InChI is InChI=1S/C11H16BrNOS/c1-14-11-10(12)6-9(15-11)7-13-8-4-2-3-5-8/h6,8,13H,2-5,7H2,1H3. The van der Waals surface area contributed by atoms with Crippen molar-refractivity contribution in [3.8, 4) is 5.06 Å². The Hall–Kier alpha value is -0.0600. The van der Waals surface area contributed by atoms with Crippen LogP contribution in [0.4, 0.5) is 0 Å². The van der Waals surface area contributed by atoms with Crippen LogP contribution in [0.3, 0.4) is 0 Å². The zero-order chi connectivity index (χ0) is 10.7. The Bertz CT molecular complexity index is 320. The summed E-state index contributed by atoms with van der Waals surface area (Å²) < 4.78 is 6.31. The lowest BCUT2D eigenvalue weighted by molar-refractivity contribution is 0.425. The first-order valence-corrected chi connectivity index (χ1v) is 6.96. The van der Waals surface area contributed by atoms with E-state index in [1.54, 1.807) is 18.4 Å². The summed E-state index contributed by atoms with van der Waals surface area (Å²) in [6.07, 6.45) is 5.44. The average Bonchev–Trinajstić information content (AvgIpc) is 2.83. The fourth-order valence-electron chi connectivity index (χ4n) is 2.00. The number of hydrogen-bond donors (Lipinski definition) is 1. The zero-order valence-corrected chi connectivity index (χ0v) is 11.3. The SMILES string of the molecule is COc1sc(CNC2CCCC2)cc1Br. The number of ether oxygens (including phenoxy) is 1. The second-order valence-corrected chi connectivity index (χ2v) is 5.87. The van der Waals surface area contributed by atoms with Gasteiger partial charge >= 0.3 is 0 Å². The van der Waals surface area contributed by atoms with E-state index in [1.165, 1.54) is 30.6 Å². The summed E-state index contributed by atoms with van der Waals surface area (Å²) >= 11 is 5.20. The number of halogens is 1. The molecule has 15 heavy (non-hydrogen) atoms. The number of nitrogens with one attached hydrogen (secondary N) is 1. The fraction of sp³-hybridized carbons (Fsp3) is 0.636. The van der Waals surface area contributed by atoms with Crippen LogP contribution >= 0.6 is 27.3 Å². The van der Waals surface area contributed by atoms with E-state index in [4.69, 9.17) is 4.74 Å². The van der Waals surface area contributed by atoms with Crippen molar-refractivity contribution in [2.24, 2.45) is 0 Å². The van der Waals surface area contributed by atoms with Crippen LogP contribution in [0.25, 0.3) is 0 Å². The maximum atomic E-state index is 5.24. The van der Waals surface area contributed by atoms with E-state index < -0.39 is 0 Å². The molecule has 0 amide bonds. The van der Waals surface area contributed by atoms with Crippen LogP contribution in [-0.2, 0) is 6.54 Å². The molecule has 0 aliphatic heterocycles. The summed E-state index contributed by atoms with van der Waals surface area (Å²) in [5.41, 5.74) is 0. The molecule has 0 radical (unpaired) electrons. The van der Waals surface area contributed by atoms with Crippen molar-refractivity contribution in [1.82, 2.24) is 5.32 Å². The van der Waals surface area contributed by atoms with E-state index in [1.807, 2.05) is 0 Å². The van der Waals surface area contributed by atoms with Crippen LogP contribution in [0.15, 0.2) is 10.5 Å². The Balaban J connectivity index is 1.87. The predicted octanol–water partition coefficient (Wildman–Crippen LogP) is 3.55. The molecule has 1 aliphatic rings. The molecule has 0 bridgehead atoms. The van der Waals surface area contributed by atoms with E-state index in [0.717, 1.165) is 22.1 Å². The molecule has 1 saturated carbocycles. The fourth-order valence-corrected chi connectivity index (χ4v) is 3.64. The van der Waals surface area contributed by atoms with Gasteiger partial charge in [-0.1, -0.05) is 12.8 Å². The monoisotopic (exact) mass is 289 g/mol. The van der Waals surface area contributed by atoms with Gasteiger partial charge in [0, 0.05) is 17.5 Å². The van der Waals surface area contributed by atoms with Crippen LogP contribution < -0.4 is 10.1 Å². The molecule has 1 fully saturated rings. The molecule has 1 aromatic rings. The highest BCUT2D eigenvalue weighted by Gasteiger charge is 2.14. The Labute approximate surface area is 103 Å². The first-order chi connectivity index (χ1) is 7.29. The highest BCUT2D eigenvalue weighted by Crippen LogP contribution is 2.34.